The highest BCUT2D eigenvalue weighted by molar-refractivity contribution is 6.04. The molecule has 8 nitrogen and oxygen atoms in total. The molecule has 0 unspecified atom stereocenters. The maximum absolute atomic E-state index is 12.3. The SMILES string of the molecule is CC(C)(C)n1cc(C(=O)Nc2ccc(-c3n[nH]c(CN)n3)cc2)cn1. The van der Waals surface area contributed by atoms with E-state index in [9.17, 15) is 4.79 Å². The second-order valence-corrected chi connectivity index (χ2v) is 6.69. The van der Waals surface area contributed by atoms with Crippen LogP contribution in [0.5, 0.6) is 0 Å². The molecule has 0 aliphatic rings. The average molecular weight is 339 g/mol. The third-order valence-electron chi connectivity index (χ3n) is 3.66. The Morgan fingerprint density at radius 1 is 1.28 bits per heavy atom. The van der Waals surface area contributed by atoms with Crippen molar-refractivity contribution >= 4 is 11.6 Å². The molecule has 4 N–H and O–H groups in total. The van der Waals surface area contributed by atoms with Gasteiger partial charge in [0.1, 0.15) is 5.82 Å². The molecule has 8 heteroatoms. The van der Waals surface area contributed by atoms with Gasteiger partial charge >= 0.3 is 0 Å². The number of amides is 1. The van der Waals surface area contributed by atoms with E-state index in [1.807, 2.05) is 32.9 Å². The molecule has 25 heavy (non-hydrogen) atoms. The molecular weight excluding hydrogens is 318 g/mol. The van der Waals surface area contributed by atoms with Crippen LogP contribution in [0.2, 0.25) is 0 Å². The lowest BCUT2D eigenvalue weighted by molar-refractivity contribution is 0.102. The van der Waals surface area contributed by atoms with Gasteiger partial charge in [-0.1, -0.05) is 0 Å². The van der Waals surface area contributed by atoms with Crippen molar-refractivity contribution in [1.29, 1.82) is 0 Å². The minimum Gasteiger partial charge on any atom is -0.324 e. The lowest BCUT2D eigenvalue weighted by atomic mass is 10.1. The summed E-state index contributed by atoms with van der Waals surface area (Å²) in [5.74, 6) is 1.000. The van der Waals surface area contributed by atoms with Crippen LogP contribution in [0, 0.1) is 0 Å². The van der Waals surface area contributed by atoms with Gasteiger partial charge in [0, 0.05) is 17.4 Å². The van der Waals surface area contributed by atoms with Crippen LogP contribution in [0.4, 0.5) is 5.69 Å². The lowest BCUT2D eigenvalue weighted by Crippen LogP contribution is -2.22. The fraction of sp³-hybridized carbons (Fsp3) is 0.294. The Balaban J connectivity index is 1.70. The Bertz CT molecular complexity index is 871. The van der Waals surface area contributed by atoms with Gasteiger partial charge in [-0.05, 0) is 45.0 Å². The molecule has 1 aromatic carbocycles. The zero-order chi connectivity index (χ0) is 18.0. The Hall–Kier alpha value is -3.00. The number of hydrogen-bond acceptors (Lipinski definition) is 5. The predicted molar refractivity (Wildman–Crippen MR) is 94.9 cm³/mol. The molecule has 2 aromatic heterocycles. The van der Waals surface area contributed by atoms with Crippen molar-refractivity contribution in [3.05, 3.63) is 48.0 Å². The molecule has 0 atom stereocenters. The molecule has 0 saturated heterocycles. The van der Waals surface area contributed by atoms with Gasteiger partial charge in [0.2, 0.25) is 0 Å². The number of carbonyl (C=O) groups excluding carboxylic acids is 1. The van der Waals surface area contributed by atoms with Crippen molar-refractivity contribution in [2.24, 2.45) is 5.73 Å². The van der Waals surface area contributed by atoms with Gasteiger partial charge in [0.05, 0.1) is 23.8 Å². The van der Waals surface area contributed by atoms with Crippen LogP contribution in [-0.4, -0.2) is 30.9 Å². The molecule has 0 saturated carbocycles. The smallest absolute Gasteiger partial charge is 0.258 e. The lowest BCUT2D eigenvalue weighted by Gasteiger charge is -2.18. The highest BCUT2D eigenvalue weighted by atomic mass is 16.1. The summed E-state index contributed by atoms with van der Waals surface area (Å²) < 4.78 is 1.77. The van der Waals surface area contributed by atoms with Gasteiger partial charge < -0.3 is 11.1 Å². The van der Waals surface area contributed by atoms with E-state index in [1.54, 1.807) is 29.2 Å². The van der Waals surface area contributed by atoms with Gasteiger partial charge in [-0.25, -0.2) is 4.98 Å². The first-order valence-corrected chi connectivity index (χ1v) is 7.95. The van der Waals surface area contributed by atoms with Crippen molar-refractivity contribution < 1.29 is 4.79 Å². The molecule has 1 amide bonds. The molecule has 0 fully saturated rings. The summed E-state index contributed by atoms with van der Waals surface area (Å²) in [5.41, 5.74) is 7.39. The quantitative estimate of drug-likeness (QED) is 0.673. The van der Waals surface area contributed by atoms with Gasteiger partial charge in [0.15, 0.2) is 5.82 Å². The van der Waals surface area contributed by atoms with E-state index < -0.39 is 0 Å². The van der Waals surface area contributed by atoms with E-state index in [0.717, 1.165) is 5.56 Å². The third kappa shape index (κ3) is 3.74. The summed E-state index contributed by atoms with van der Waals surface area (Å²) in [6.07, 6.45) is 3.31. The fourth-order valence-corrected chi connectivity index (χ4v) is 2.23. The summed E-state index contributed by atoms with van der Waals surface area (Å²) >= 11 is 0. The number of rotatable bonds is 4. The summed E-state index contributed by atoms with van der Waals surface area (Å²) in [6, 6.07) is 7.30. The molecule has 0 bridgehead atoms. The molecule has 0 radical (unpaired) electrons. The molecule has 3 aromatic rings. The number of aromatic amines is 1. The number of aromatic nitrogens is 5. The summed E-state index contributed by atoms with van der Waals surface area (Å²) in [6.45, 7) is 6.39. The van der Waals surface area contributed by atoms with Crippen molar-refractivity contribution in [3.8, 4) is 11.4 Å². The standard InChI is InChI=1S/C17H21N7O/c1-17(2,3)24-10-12(9-19-24)16(25)20-13-6-4-11(5-7-13)15-21-14(8-18)22-23-15/h4-7,9-10H,8,18H2,1-3H3,(H,20,25)(H,21,22,23). The van der Waals surface area contributed by atoms with Crippen LogP contribution in [0.15, 0.2) is 36.7 Å². The van der Waals surface area contributed by atoms with Crippen molar-refractivity contribution in [3.63, 3.8) is 0 Å². The topological polar surface area (TPSA) is 115 Å². The van der Waals surface area contributed by atoms with Crippen LogP contribution in [-0.2, 0) is 12.1 Å². The molecular formula is C17H21N7O. The number of anilines is 1. The zero-order valence-corrected chi connectivity index (χ0v) is 14.4. The van der Waals surface area contributed by atoms with Gasteiger partial charge in [-0.2, -0.15) is 10.2 Å². The highest BCUT2D eigenvalue weighted by Gasteiger charge is 2.17. The Morgan fingerprint density at radius 2 is 2.00 bits per heavy atom. The van der Waals surface area contributed by atoms with Crippen LogP contribution in [0.25, 0.3) is 11.4 Å². The second kappa shape index (κ2) is 6.48. The Kier molecular flexibility index (Phi) is 4.37. The monoisotopic (exact) mass is 339 g/mol. The minimum absolute atomic E-state index is 0.168. The van der Waals surface area contributed by atoms with E-state index in [0.29, 0.717) is 29.4 Å². The largest absolute Gasteiger partial charge is 0.324 e. The van der Waals surface area contributed by atoms with Crippen LogP contribution < -0.4 is 11.1 Å². The van der Waals surface area contributed by atoms with Crippen LogP contribution in [0.3, 0.4) is 0 Å². The van der Waals surface area contributed by atoms with E-state index in [-0.39, 0.29) is 11.4 Å². The summed E-state index contributed by atoms with van der Waals surface area (Å²) in [5, 5.41) is 14.0. The van der Waals surface area contributed by atoms with E-state index in [4.69, 9.17) is 5.73 Å². The number of benzene rings is 1. The van der Waals surface area contributed by atoms with Crippen molar-refractivity contribution in [2.75, 3.05) is 5.32 Å². The number of nitrogens with one attached hydrogen (secondary N) is 2. The number of nitrogens with two attached hydrogens (primary N) is 1. The zero-order valence-electron chi connectivity index (χ0n) is 14.4. The maximum atomic E-state index is 12.3. The molecule has 130 valence electrons. The summed E-state index contributed by atoms with van der Waals surface area (Å²) in [7, 11) is 0. The minimum atomic E-state index is -0.202. The molecule has 3 rings (SSSR count). The van der Waals surface area contributed by atoms with E-state index in [2.05, 4.69) is 25.6 Å². The Labute approximate surface area is 145 Å². The third-order valence-corrected chi connectivity index (χ3v) is 3.66. The Morgan fingerprint density at radius 3 is 2.56 bits per heavy atom. The fourth-order valence-electron chi connectivity index (χ4n) is 2.23. The van der Waals surface area contributed by atoms with Crippen LogP contribution >= 0.6 is 0 Å². The first kappa shape index (κ1) is 16.8. The number of carbonyl (C=O) groups is 1. The van der Waals surface area contributed by atoms with Crippen LogP contribution in [0.1, 0.15) is 37.0 Å². The van der Waals surface area contributed by atoms with E-state index >= 15 is 0 Å². The van der Waals surface area contributed by atoms with Gasteiger partial charge in [0.25, 0.3) is 5.91 Å². The normalized spacial score (nSPS) is 11.5. The van der Waals surface area contributed by atoms with E-state index in [1.165, 1.54) is 0 Å². The van der Waals surface area contributed by atoms with Crippen molar-refractivity contribution in [1.82, 2.24) is 25.0 Å². The second-order valence-electron chi connectivity index (χ2n) is 6.69. The molecule has 2 heterocycles. The predicted octanol–water partition coefficient (Wildman–Crippen LogP) is 2.13. The van der Waals surface area contributed by atoms with Gasteiger partial charge in [-0.15, -0.1) is 0 Å². The number of hydrogen-bond donors (Lipinski definition) is 3. The first-order chi connectivity index (χ1) is 11.9. The van der Waals surface area contributed by atoms with Crippen molar-refractivity contribution in [2.45, 2.75) is 32.9 Å². The average Bonchev–Trinajstić information content (AvgIpc) is 3.24. The first-order valence-electron chi connectivity index (χ1n) is 7.95. The maximum Gasteiger partial charge on any atom is 0.258 e. The van der Waals surface area contributed by atoms with Gasteiger partial charge in [-0.3, -0.25) is 14.6 Å². The molecule has 0 spiro atoms. The summed E-state index contributed by atoms with van der Waals surface area (Å²) in [4.78, 5) is 16.6. The number of H-pyrrole nitrogens is 1. The highest BCUT2D eigenvalue weighted by Crippen LogP contribution is 2.19. The molecule has 0 aliphatic heterocycles. The number of nitrogens with zero attached hydrogens (tertiary/aromatic N) is 4. The molecule has 0 aliphatic carbocycles.